The summed E-state index contributed by atoms with van der Waals surface area (Å²) < 4.78 is 29.7. The van der Waals surface area contributed by atoms with Crippen molar-refractivity contribution >= 4 is 0 Å². The van der Waals surface area contributed by atoms with E-state index >= 15 is 0 Å². The van der Waals surface area contributed by atoms with Gasteiger partial charge in [0.2, 0.25) is 0 Å². The molecule has 1 fully saturated rings. The first-order chi connectivity index (χ1) is 14.5. The van der Waals surface area contributed by atoms with Crippen molar-refractivity contribution in [3.05, 3.63) is 87.1 Å². The number of hydrogen-bond donors (Lipinski definition) is 1. The SMILES string of the molecule is Cn1cccc(C(CC#CC#Cc2c[nH]nc2C2CC2)c2cc(F)ccc2F)c1=O. The molecule has 0 bridgehead atoms. The van der Waals surface area contributed by atoms with Crippen molar-refractivity contribution in [1.82, 2.24) is 14.8 Å². The first kappa shape index (κ1) is 19.7. The van der Waals surface area contributed by atoms with Crippen LogP contribution in [0.1, 0.15) is 53.5 Å². The standard InChI is InChI=1S/C24H19F2N3O/c1-29-13-5-8-20(24(29)30)19(21-14-18(25)11-12-22(21)26)7-4-2-3-6-17-15-27-28-23(17)16-9-10-16/h5,8,11-16,19H,7,9-10H2,1H3,(H,27,28). The van der Waals surface area contributed by atoms with Crippen LogP contribution in [0.25, 0.3) is 0 Å². The number of aromatic amines is 1. The highest BCUT2D eigenvalue weighted by Gasteiger charge is 2.27. The Balaban J connectivity index is 1.63. The third-order valence-corrected chi connectivity index (χ3v) is 5.15. The van der Waals surface area contributed by atoms with Gasteiger partial charge in [0.25, 0.3) is 5.56 Å². The van der Waals surface area contributed by atoms with Gasteiger partial charge in [0, 0.05) is 43.3 Å². The summed E-state index contributed by atoms with van der Waals surface area (Å²) >= 11 is 0. The average molecular weight is 403 g/mol. The van der Waals surface area contributed by atoms with E-state index in [1.54, 1.807) is 31.6 Å². The fraction of sp³-hybridized carbons (Fsp3) is 0.250. The van der Waals surface area contributed by atoms with Crippen LogP contribution in [0.15, 0.2) is 47.5 Å². The minimum Gasteiger partial charge on any atom is -0.318 e. The summed E-state index contributed by atoms with van der Waals surface area (Å²) in [5.74, 6) is 10.1. The zero-order valence-electron chi connectivity index (χ0n) is 16.4. The molecule has 0 saturated heterocycles. The maximum absolute atomic E-state index is 14.5. The van der Waals surface area contributed by atoms with E-state index in [-0.39, 0.29) is 17.5 Å². The van der Waals surface area contributed by atoms with Gasteiger partial charge in [0.1, 0.15) is 11.6 Å². The van der Waals surface area contributed by atoms with Crippen molar-refractivity contribution in [3.63, 3.8) is 0 Å². The van der Waals surface area contributed by atoms with Crippen molar-refractivity contribution < 1.29 is 8.78 Å². The summed E-state index contributed by atoms with van der Waals surface area (Å²) in [6, 6.07) is 6.56. The molecule has 0 aliphatic heterocycles. The lowest BCUT2D eigenvalue weighted by Gasteiger charge is -2.16. The number of nitrogens with one attached hydrogen (secondary N) is 1. The van der Waals surface area contributed by atoms with Crippen LogP contribution >= 0.6 is 0 Å². The van der Waals surface area contributed by atoms with Crippen molar-refractivity contribution in [2.24, 2.45) is 7.05 Å². The van der Waals surface area contributed by atoms with Crippen LogP contribution in [-0.2, 0) is 7.05 Å². The molecule has 6 heteroatoms. The fourth-order valence-corrected chi connectivity index (χ4v) is 3.42. The first-order valence-electron chi connectivity index (χ1n) is 9.67. The molecule has 4 nitrogen and oxygen atoms in total. The van der Waals surface area contributed by atoms with Gasteiger partial charge < -0.3 is 4.57 Å². The zero-order valence-corrected chi connectivity index (χ0v) is 16.4. The summed E-state index contributed by atoms with van der Waals surface area (Å²) in [5.41, 5.74) is 1.99. The fourth-order valence-electron chi connectivity index (χ4n) is 3.42. The van der Waals surface area contributed by atoms with E-state index in [9.17, 15) is 13.6 Å². The van der Waals surface area contributed by atoms with Crippen molar-refractivity contribution in [2.75, 3.05) is 0 Å². The van der Waals surface area contributed by atoms with Gasteiger partial charge in [0.15, 0.2) is 0 Å². The van der Waals surface area contributed by atoms with E-state index in [1.165, 1.54) is 4.57 Å². The second-order valence-electron chi connectivity index (χ2n) is 7.31. The number of hydrogen-bond acceptors (Lipinski definition) is 2. The summed E-state index contributed by atoms with van der Waals surface area (Å²) in [5, 5.41) is 7.06. The van der Waals surface area contributed by atoms with E-state index < -0.39 is 17.6 Å². The smallest absolute Gasteiger partial charge is 0.254 e. The Morgan fingerprint density at radius 3 is 2.87 bits per heavy atom. The summed E-state index contributed by atoms with van der Waals surface area (Å²) in [7, 11) is 1.62. The summed E-state index contributed by atoms with van der Waals surface area (Å²) in [6.07, 6.45) is 5.75. The lowest BCUT2D eigenvalue weighted by Crippen LogP contribution is -2.23. The number of benzene rings is 1. The molecule has 3 aromatic rings. The summed E-state index contributed by atoms with van der Waals surface area (Å²) in [4.78, 5) is 12.6. The van der Waals surface area contributed by atoms with Gasteiger partial charge in [0.05, 0.1) is 11.3 Å². The van der Waals surface area contributed by atoms with Crippen LogP contribution in [0.3, 0.4) is 0 Å². The van der Waals surface area contributed by atoms with Crippen LogP contribution in [0.4, 0.5) is 8.78 Å². The highest BCUT2D eigenvalue weighted by molar-refractivity contribution is 5.44. The highest BCUT2D eigenvalue weighted by Crippen LogP contribution is 2.40. The van der Waals surface area contributed by atoms with Gasteiger partial charge in [-0.05, 0) is 60.4 Å². The van der Waals surface area contributed by atoms with Gasteiger partial charge in [-0.15, -0.1) is 0 Å². The van der Waals surface area contributed by atoms with E-state index in [0.717, 1.165) is 42.3 Å². The van der Waals surface area contributed by atoms with E-state index in [2.05, 4.69) is 33.9 Å². The van der Waals surface area contributed by atoms with Gasteiger partial charge in [-0.25, -0.2) is 8.78 Å². The van der Waals surface area contributed by atoms with Gasteiger partial charge in [-0.2, -0.15) is 5.10 Å². The van der Waals surface area contributed by atoms with E-state index in [0.29, 0.717) is 11.5 Å². The number of pyridine rings is 1. The molecule has 150 valence electrons. The van der Waals surface area contributed by atoms with Gasteiger partial charge >= 0.3 is 0 Å². The molecule has 1 atom stereocenters. The Morgan fingerprint density at radius 1 is 1.23 bits per heavy atom. The van der Waals surface area contributed by atoms with E-state index in [4.69, 9.17) is 0 Å². The summed E-state index contributed by atoms with van der Waals surface area (Å²) in [6.45, 7) is 0. The average Bonchev–Trinajstić information content (AvgIpc) is 3.47. The molecule has 1 saturated carbocycles. The van der Waals surface area contributed by atoms with Crippen LogP contribution in [0.2, 0.25) is 0 Å². The van der Waals surface area contributed by atoms with Crippen LogP contribution in [0.5, 0.6) is 0 Å². The Bertz CT molecular complexity index is 1260. The molecule has 0 amide bonds. The first-order valence-corrected chi connectivity index (χ1v) is 9.67. The molecule has 30 heavy (non-hydrogen) atoms. The van der Waals surface area contributed by atoms with Crippen LogP contribution in [0, 0.1) is 35.3 Å². The maximum atomic E-state index is 14.5. The second kappa shape index (κ2) is 8.39. The Labute approximate surface area is 173 Å². The highest BCUT2D eigenvalue weighted by atomic mass is 19.1. The molecule has 0 radical (unpaired) electrons. The molecule has 1 aliphatic rings. The topological polar surface area (TPSA) is 50.7 Å². The van der Waals surface area contributed by atoms with E-state index in [1.807, 2.05) is 0 Å². The Morgan fingerprint density at radius 2 is 2.07 bits per heavy atom. The lowest BCUT2D eigenvalue weighted by atomic mass is 9.89. The number of halogens is 2. The molecule has 1 aliphatic carbocycles. The van der Waals surface area contributed by atoms with Gasteiger partial charge in [-0.3, -0.25) is 9.89 Å². The molecule has 2 heterocycles. The quantitative estimate of drug-likeness (QED) is 0.673. The van der Waals surface area contributed by atoms with Crippen LogP contribution < -0.4 is 5.56 Å². The molecule has 1 N–H and O–H groups in total. The number of rotatable bonds is 4. The number of aromatic nitrogens is 3. The number of nitrogens with zero attached hydrogens (tertiary/aromatic N) is 2. The van der Waals surface area contributed by atoms with Crippen molar-refractivity contribution in [1.29, 1.82) is 0 Å². The minimum absolute atomic E-state index is 0.103. The molecular formula is C24H19F2N3O. The molecule has 1 aromatic carbocycles. The largest absolute Gasteiger partial charge is 0.318 e. The van der Waals surface area contributed by atoms with Crippen molar-refractivity contribution in [3.8, 4) is 23.7 Å². The second-order valence-corrected chi connectivity index (χ2v) is 7.31. The van der Waals surface area contributed by atoms with Gasteiger partial charge in [-0.1, -0.05) is 12.0 Å². The maximum Gasteiger partial charge on any atom is 0.254 e. The molecular weight excluding hydrogens is 384 g/mol. The molecule has 0 spiro atoms. The predicted octanol–water partition coefficient (Wildman–Crippen LogP) is 3.84. The monoisotopic (exact) mass is 403 g/mol. The third-order valence-electron chi connectivity index (χ3n) is 5.15. The third kappa shape index (κ3) is 4.18. The molecule has 2 aromatic heterocycles. The normalized spacial score (nSPS) is 13.7. The molecule has 1 unspecified atom stereocenters. The number of H-pyrrole nitrogens is 1. The predicted molar refractivity (Wildman–Crippen MR) is 110 cm³/mol. The number of aryl methyl sites for hydroxylation is 1. The zero-order chi connectivity index (χ0) is 21.1. The lowest BCUT2D eigenvalue weighted by molar-refractivity contribution is 0.574. The Hall–Kier alpha value is -3.64. The molecule has 4 rings (SSSR count). The van der Waals surface area contributed by atoms with Crippen molar-refractivity contribution in [2.45, 2.75) is 31.1 Å². The minimum atomic E-state index is -0.703. The van der Waals surface area contributed by atoms with Crippen LogP contribution in [-0.4, -0.2) is 14.8 Å². The Kier molecular flexibility index (Phi) is 5.50.